The van der Waals surface area contributed by atoms with Crippen LogP contribution >= 0.6 is 0 Å². The Morgan fingerprint density at radius 2 is 1.95 bits per heavy atom. The van der Waals surface area contributed by atoms with E-state index < -0.39 is 0 Å². The van der Waals surface area contributed by atoms with Gasteiger partial charge < -0.3 is 16.1 Å². The molecule has 0 amide bonds. The van der Waals surface area contributed by atoms with Gasteiger partial charge in [0.25, 0.3) is 0 Å². The molecule has 0 saturated heterocycles. The minimum Gasteiger partial charge on any atom is -0.393 e. The maximum absolute atomic E-state index is 6.04. The van der Waals surface area contributed by atoms with E-state index in [1.54, 1.807) is 0 Å². The number of rotatable bonds is 2. The number of hydrogen-bond donors (Lipinski definition) is 3. The topological polar surface area (TPSA) is 93.1 Å². The molecule has 1 aliphatic rings. The van der Waals surface area contributed by atoms with Gasteiger partial charge in [0.05, 0.1) is 0 Å². The minimum atomic E-state index is 0.462. The third-order valence-electron chi connectivity index (χ3n) is 3.43. The Labute approximate surface area is 111 Å². The number of nitrogens with one attached hydrogen (secondary N) is 1. The fourth-order valence-electron chi connectivity index (χ4n) is 2.43. The number of hydrazine groups is 1. The number of fused-ring (bicyclic) bond motifs is 1. The summed E-state index contributed by atoms with van der Waals surface area (Å²) in [6, 6.07) is 8.44. The molecule has 0 spiro atoms. The molecule has 1 aromatic carbocycles. The van der Waals surface area contributed by atoms with Crippen LogP contribution in [0.5, 0.6) is 0 Å². The average Bonchev–Trinajstić information content (AvgIpc) is 2.47. The SMILES string of the molecule is NNc1ncnc(N2CCc3ccccc3C2)c1N. The summed E-state index contributed by atoms with van der Waals surface area (Å²) in [5, 5.41) is 0. The molecule has 6 heteroatoms. The van der Waals surface area contributed by atoms with Gasteiger partial charge in [0.2, 0.25) is 0 Å². The summed E-state index contributed by atoms with van der Waals surface area (Å²) in [5.74, 6) is 6.58. The van der Waals surface area contributed by atoms with E-state index in [1.807, 2.05) is 0 Å². The van der Waals surface area contributed by atoms with Crippen LogP contribution in [0.2, 0.25) is 0 Å². The van der Waals surface area contributed by atoms with Crippen molar-refractivity contribution in [2.45, 2.75) is 13.0 Å². The fourth-order valence-corrected chi connectivity index (χ4v) is 2.43. The van der Waals surface area contributed by atoms with Gasteiger partial charge in [0, 0.05) is 13.1 Å². The highest BCUT2D eigenvalue weighted by Gasteiger charge is 2.20. The van der Waals surface area contributed by atoms with E-state index in [-0.39, 0.29) is 0 Å². The monoisotopic (exact) mass is 256 g/mol. The average molecular weight is 256 g/mol. The molecule has 2 aromatic rings. The summed E-state index contributed by atoms with van der Waals surface area (Å²) in [4.78, 5) is 10.4. The molecule has 0 fully saturated rings. The number of aromatic nitrogens is 2. The zero-order valence-corrected chi connectivity index (χ0v) is 10.5. The molecular weight excluding hydrogens is 240 g/mol. The van der Waals surface area contributed by atoms with Crippen molar-refractivity contribution in [2.75, 3.05) is 22.6 Å². The first-order chi connectivity index (χ1) is 9.29. The molecule has 0 aliphatic carbocycles. The van der Waals surface area contributed by atoms with Crippen LogP contribution in [0.15, 0.2) is 30.6 Å². The number of benzene rings is 1. The van der Waals surface area contributed by atoms with Crippen molar-refractivity contribution in [3.05, 3.63) is 41.7 Å². The summed E-state index contributed by atoms with van der Waals surface area (Å²) in [6.45, 7) is 1.70. The molecular formula is C13H16N6. The summed E-state index contributed by atoms with van der Waals surface area (Å²) in [5.41, 5.74) is 11.7. The van der Waals surface area contributed by atoms with Crippen LogP contribution in [0.25, 0.3) is 0 Å². The smallest absolute Gasteiger partial charge is 0.168 e. The lowest BCUT2D eigenvalue weighted by Crippen LogP contribution is -2.32. The molecule has 5 N–H and O–H groups in total. The summed E-state index contributed by atoms with van der Waals surface area (Å²) < 4.78 is 0. The quantitative estimate of drug-likeness (QED) is 0.546. The van der Waals surface area contributed by atoms with E-state index in [0.29, 0.717) is 11.5 Å². The first kappa shape index (κ1) is 11.7. The second kappa shape index (κ2) is 4.74. The zero-order valence-electron chi connectivity index (χ0n) is 10.5. The number of hydrogen-bond acceptors (Lipinski definition) is 6. The molecule has 0 bridgehead atoms. The lowest BCUT2D eigenvalue weighted by molar-refractivity contribution is 0.721. The number of nitrogens with zero attached hydrogens (tertiary/aromatic N) is 3. The van der Waals surface area contributed by atoms with Gasteiger partial charge >= 0.3 is 0 Å². The van der Waals surface area contributed by atoms with Crippen LogP contribution in [0.4, 0.5) is 17.3 Å². The second-order valence-corrected chi connectivity index (χ2v) is 4.54. The van der Waals surface area contributed by atoms with Crippen LogP contribution in [0.3, 0.4) is 0 Å². The molecule has 3 rings (SSSR count). The van der Waals surface area contributed by atoms with Gasteiger partial charge in [-0.1, -0.05) is 24.3 Å². The maximum Gasteiger partial charge on any atom is 0.168 e. The Kier molecular flexibility index (Phi) is 2.92. The largest absolute Gasteiger partial charge is 0.393 e. The zero-order chi connectivity index (χ0) is 13.2. The lowest BCUT2D eigenvalue weighted by atomic mass is 10.00. The molecule has 19 heavy (non-hydrogen) atoms. The molecule has 1 aliphatic heterocycles. The third-order valence-corrected chi connectivity index (χ3v) is 3.43. The highest BCUT2D eigenvalue weighted by molar-refractivity contribution is 5.74. The highest BCUT2D eigenvalue weighted by Crippen LogP contribution is 2.29. The van der Waals surface area contributed by atoms with E-state index in [1.165, 1.54) is 17.5 Å². The predicted octanol–water partition coefficient (Wildman–Crippen LogP) is 0.907. The molecule has 98 valence electrons. The van der Waals surface area contributed by atoms with E-state index >= 15 is 0 Å². The number of nitrogen functional groups attached to an aromatic ring is 2. The molecule has 0 unspecified atom stereocenters. The molecule has 2 heterocycles. The van der Waals surface area contributed by atoms with Crippen LogP contribution in [-0.4, -0.2) is 16.5 Å². The van der Waals surface area contributed by atoms with Gasteiger partial charge in [-0.05, 0) is 17.5 Å². The van der Waals surface area contributed by atoms with Crippen molar-refractivity contribution < 1.29 is 0 Å². The van der Waals surface area contributed by atoms with Gasteiger partial charge in [-0.3, -0.25) is 0 Å². The van der Waals surface area contributed by atoms with E-state index in [2.05, 4.69) is 44.6 Å². The third kappa shape index (κ3) is 2.06. The Balaban J connectivity index is 1.93. The predicted molar refractivity (Wildman–Crippen MR) is 75.5 cm³/mol. The van der Waals surface area contributed by atoms with Gasteiger partial charge in [0.15, 0.2) is 11.6 Å². The van der Waals surface area contributed by atoms with Crippen LogP contribution < -0.4 is 21.9 Å². The lowest BCUT2D eigenvalue weighted by Gasteiger charge is -2.30. The normalized spacial score (nSPS) is 14.1. The van der Waals surface area contributed by atoms with Gasteiger partial charge in [-0.25, -0.2) is 15.8 Å². The Hall–Kier alpha value is -2.34. The fraction of sp³-hybridized carbons (Fsp3) is 0.231. The summed E-state index contributed by atoms with van der Waals surface area (Å²) >= 11 is 0. The van der Waals surface area contributed by atoms with Crippen molar-refractivity contribution in [1.29, 1.82) is 0 Å². The van der Waals surface area contributed by atoms with E-state index in [4.69, 9.17) is 11.6 Å². The molecule has 6 nitrogen and oxygen atoms in total. The van der Waals surface area contributed by atoms with Gasteiger partial charge in [-0.2, -0.15) is 0 Å². The van der Waals surface area contributed by atoms with E-state index in [0.717, 1.165) is 25.3 Å². The van der Waals surface area contributed by atoms with Crippen molar-refractivity contribution in [2.24, 2.45) is 5.84 Å². The molecule has 0 atom stereocenters. The Morgan fingerprint density at radius 3 is 2.74 bits per heavy atom. The molecule has 0 saturated carbocycles. The van der Waals surface area contributed by atoms with Gasteiger partial charge in [0.1, 0.15) is 12.0 Å². The number of nitrogens with two attached hydrogens (primary N) is 2. The minimum absolute atomic E-state index is 0.462. The molecule has 0 radical (unpaired) electrons. The first-order valence-electron chi connectivity index (χ1n) is 6.18. The second-order valence-electron chi connectivity index (χ2n) is 4.54. The van der Waals surface area contributed by atoms with Crippen LogP contribution in [0, 0.1) is 0 Å². The van der Waals surface area contributed by atoms with Gasteiger partial charge in [-0.15, -0.1) is 0 Å². The first-order valence-corrected chi connectivity index (χ1v) is 6.18. The summed E-state index contributed by atoms with van der Waals surface area (Å²) in [7, 11) is 0. The number of anilines is 3. The van der Waals surface area contributed by atoms with Crippen molar-refractivity contribution >= 4 is 17.3 Å². The van der Waals surface area contributed by atoms with Crippen molar-refractivity contribution in [3.8, 4) is 0 Å². The van der Waals surface area contributed by atoms with Crippen LogP contribution in [0.1, 0.15) is 11.1 Å². The Bertz CT molecular complexity index is 597. The summed E-state index contributed by atoms with van der Waals surface area (Å²) in [6.07, 6.45) is 2.46. The Morgan fingerprint density at radius 1 is 1.16 bits per heavy atom. The standard InChI is InChI=1S/C13H16N6/c14-11-12(18-15)16-8-17-13(11)19-6-5-9-3-1-2-4-10(9)7-19/h1-4,8H,5-7,14-15H2,(H,16,17,18). The molecule has 1 aromatic heterocycles. The van der Waals surface area contributed by atoms with Crippen molar-refractivity contribution in [1.82, 2.24) is 9.97 Å². The van der Waals surface area contributed by atoms with E-state index in [9.17, 15) is 0 Å². The highest BCUT2D eigenvalue weighted by atomic mass is 15.3. The van der Waals surface area contributed by atoms with Crippen LogP contribution in [-0.2, 0) is 13.0 Å². The van der Waals surface area contributed by atoms with Crippen molar-refractivity contribution in [3.63, 3.8) is 0 Å². The maximum atomic E-state index is 6.04.